The van der Waals surface area contributed by atoms with Crippen LogP contribution < -0.4 is 10.6 Å². The Hall–Kier alpha value is -4.92. The van der Waals surface area contributed by atoms with Crippen LogP contribution in [0.3, 0.4) is 0 Å². The van der Waals surface area contributed by atoms with Gasteiger partial charge in [-0.25, -0.2) is 19.6 Å². The second kappa shape index (κ2) is 12.1. The third kappa shape index (κ3) is 5.43. The lowest BCUT2D eigenvalue weighted by Crippen LogP contribution is -2.40. The van der Waals surface area contributed by atoms with E-state index in [1.165, 1.54) is 30.9 Å². The number of hydrogen-bond acceptors (Lipinski definition) is 11. The Morgan fingerprint density at radius 2 is 1.73 bits per heavy atom. The molecular formula is C30H23N5O4S2. The van der Waals surface area contributed by atoms with Gasteiger partial charge in [0.2, 0.25) is 0 Å². The number of hydrogen-bond donors (Lipinski definition) is 1. The van der Waals surface area contributed by atoms with Crippen molar-refractivity contribution in [2.45, 2.75) is 16.0 Å². The molecular weight excluding hydrogens is 558 g/mol. The van der Waals surface area contributed by atoms with Crippen molar-refractivity contribution < 1.29 is 19.1 Å². The first-order chi connectivity index (χ1) is 20.0. The fourth-order valence-electron chi connectivity index (χ4n) is 4.50. The van der Waals surface area contributed by atoms with Crippen LogP contribution in [0.15, 0.2) is 117 Å². The van der Waals surface area contributed by atoms with Gasteiger partial charge in [-0.2, -0.15) is 5.26 Å². The highest BCUT2D eigenvalue weighted by molar-refractivity contribution is 7.99. The van der Waals surface area contributed by atoms with E-state index in [0.29, 0.717) is 16.4 Å². The predicted octanol–water partition coefficient (Wildman–Crippen LogP) is 5.25. The minimum atomic E-state index is -0.929. The summed E-state index contributed by atoms with van der Waals surface area (Å²) in [4.78, 5) is 38.7. The number of carbonyl (C=O) groups is 2. The number of ether oxygens (including phenoxy) is 2. The van der Waals surface area contributed by atoms with Crippen molar-refractivity contribution in [3.8, 4) is 16.6 Å². The minimum Gasteiger partial charge on any atom is -0.466 e. The quantitative estimate of drug-likeness (QED) is 0.228. The van der Waals surface area contributed by atoms with Gasteiger partial charge in [-0.1, -0.05) is 36.4 Å². The SMILES string of the molecule is COC(=O)C1=C(C(=O)OC)N(c2ccc(Sc3nccc(-c4cccs4)n3)cc2)C(N)=C(C#N)C1c1ccccc1. The summed E-state index contributed by atoms with van der Waals surface area (Å²) in [6.45, 7) is 0. The van der Waals surface area contributed by atoms with Crippen molar-refractivity contribution in [1.29, 1.82) is 5.26 Å². The molecule has 1 aliphatic heterocycles. The van der Waals surface area contributed by atoms with Crippen molar-refractivity contribution >= 4 is 40.7 Å². The number of esters is 2. The Kier molecular flexibility index (Phi) is 8.14. The van der Waals surface area contributed by atoms with E-state index < -0.39 is 17.9 Å². The summed E-state index contributed by atoms with van der Waals surface area (Å²) >= 11 is 2.97. The molecule has 0 spiro atoms. The van der Waals surface area contributed by atoms with Gasteiger partial charge in [-0.15, -0.1) is 11.3 Å². The molecule has 0 bridgehead atoms. The van der Waals surface area contributed by atoms with Gasteiger partial charge in [0.05, 0.1) is 47.9 Å². The summed E-state index contributed by atoms with van der Waals surface area (Å²) in [5.74, 6) is -2.51. The van der Waals surface area contributed by atoms with E-state index in [2.05, 4.69) is 16.0 Å². The van der Waals surface area contributed by atoms with Crippen LogP contribution >= 0.6 is 23.1 Å². The molecule has 9 nitrogen and oxygen atoms in total. The Bertz CT molecular complexity index is 1690. The Labute approximate surface area is 244 Å². The van der Waals surface area contributed by atoms with E-state index in [1.54, 1.807) is 53.9 Å². The number of anilines is 1. The van der Waals surface area contributed by atoms with Crippen LogP contribution in [0.5, 0.6) is 0 Å². The normalized spacial score (nSPS) is 15.0. The molecule has 2 N–H and O–H groups in total. The smallest absolute Gasteiger partial charge is 0.355 e. The number of carbonyl (C=O) groups excluding carboxylic acids is 2. The zero-order valence-corrected chi connectivity index (χ0v) is 23.6. The average Bonchev–Trinajstić information content (AvgIpc) is 3.56. The van der Waals surface area contributed by atoms with Gasteiger partial charge in [0.15, 0.2) is 5.16 Å². The zero-order chi connectivity index (χ0) is 28.9. The molecule has 5 rings (SSSR count). The number of nitrogens with zero attached hydrogens (tertiary/aromatic N) is 4. The first-order valence-electron chi connectivity index (χ1n) is 12.3. The highest BCUT2D eigenvalue weighted by Gasteiger charge is 2.42. The van der Waals surface area contributed by atoms with E-state index in [0.717, 1.165) is 15.5 Å². The highest BCUT2D eigenvalue weighted by Crippen LogP contribution is 2.43. The van der Waals surface area contributed by atoms with Gasteiger partial charge in [0, 0.05) is 16.8 Å². The molecule has 0 radical (unpaired) electrons. The molecule has 3 heterocycles. The lowest BCUT2D eigenvalue weighted by Gasteiger charge is -2.35. The predicted molar refractivity (Wildman–Crippen MR) is 155 cm³/mol. The number of nitrogens with two attached hydrogens (primary N) is 1. The molecule has 41 heavy (non-hydrogen) atoms. The lowest BCUT2D eigenvalue weighted by atomic mass is 9.81. The summed E-state index contributed by atoms with van der Waals surface area (Å²) in [5.41, 5.74) is 8.37. The van der Waals surface area contributed by atoms with Crippen molar-refractivity contribution in [3.63, 3.8) is 0 Å². The molecule has 0 aliphatic carbocycles. The standard InChI is InChI=1S/C30H23N5O4S2/c1-38-28(36)25-24(18-7-4-3-5-8-18)21(17-31)27(32)35(26(25)29(37)39-2)19-10-12-20(13-11-19)41-30-33-15-14-22(34-30)23-9-6-16-40-23/h3-16,24H,32H2,1-2H3. The molecule has 11 heteroatoms. The van der Waals surface area contributed by atoms with Gasteiger partial charge in [0.25, 0.3) is 0 Å². The van der Waals surface area contributed by atoms with E-state index in [9.17, 15) is 14.9 Å². The van der Waals surface area contributed by atoms with Crippen molar-refractivity contribution in [2.75, 3.05) is 19.1 Å². The maximum absolute atomic E-state index is 13.2. The number of aromatic nitrogens is 2. The molecule has 2 aromatic carbocycles. The van der Waals surface area contributed by atoms with E-state index in [4.69, 9.17) is 15.2 Å². The second-order valence-electron chi connectivity index (χ2n) is 8.63. The van der Waals surface area contributed by atoms with Gasteiger partial charge >= 0.3 is 11.9 Å². The molecule has 204 valence electrons. The van der Waals surface area contributed by atoms with E-state index >= 15 is 0 Å². The molecule has 0 amide bonds. The molecule has 4 aromatic rings. The van der Waals surface area contributed by atoms with Crippen LogP contribution in [-0.4, -0.2) is 36.1 Å². The number of thiophene rings is 1. The molecule has 1 unspecified atom stereocenters. The third-order valence-electron chi connectivity index (χ3n) is 6.32. The van der Waals surface area contributed by atoms with Gasteiger partial charge in [-0.05, 0) is 59.1 Å². The first-order valence-corrected chi connectivity index (χ1v) is 14.0. The minimum absolute atomic E-state index is 0.00166. The summed E-state index contributed by atoms with van der Waals surface area (Å²) < 4.78 is 10.2. The summed E-state index contributed by atoms with van der Waals surface area (Å²) in [7, 11) is 2.43. The van der Waals surface area contributed by atoms with Gasteiger partial charge in [0.1, 0.15) is 11.5 Å². The largest absolute Gasteiger partial charge is 0.466 e. The zero-order valence-electron chi connectivity index (χ0n) is 22.0. The molecule has 0 fully saturated rings. The highest BCUT2D eigenvalue weighted by atomic mass is 32.2. The maximum atomic E-state index is 13.2. The Balaban J connectivity index is 1.57. The average molecular weight is 582 g/mol. The second-order valence-corrected chi connectivity index (χ2v) is 10.6. The fourth-order valence-corrected chi connectivity index (χ4v) is 5.94. The van der Waals surface area contributed by atoms with Gasteiger partial charge < -0.3 is 15.2 Å². The van der Waals surface area contributed by atoms with Crippen LogP contribution in [0.4, 0.5) is 5.69 Å². The van der Waals surface area contributed by atoms with Crippen molar-refractivity contribution in [3.05, 3.63) is 113 Å². The summed E-state index contributed by atoms with van der Waals surface area (Å²) in [6.07, 6.45) is 1.71. The maximum Gasteiger partial charge on any atom is 0.355 e. The number of benzene rings is 2. The Morgan fingerprint density at radius 1 is 1.00 bits per heavy atom. The molecule has 0 saturated carbocycles. The monoisotopic (exact) mass is 581 g/mol. The van der Waals surface area contributed by atoms with E-state index in [-0.39, 0.29) is 22.7 Å². The number of methoxy groups -OCH3 is 2. The topological polar surface area (TPSA) is 131 Å². The van der Waals surface area contributed by atoms with Crippen LogP contribution in [0.1, 0.15) is 11.5 Å². The fraction of sp³-hybridized carbons (Fsp3) is 0.100. The first kappa shape index (κ1) is 27.6. The lowest BCUT2D eigenvalue weighted by molar-refractivity contribution is -0.139. The summed E-state index contributed by atoms with van der Waals surface area (Å²) in [5, 5.41) is 12.8. The molecule has 1 atom stereocenters. The third-order valence-corrected chi connectivity index (χ3v) is 8.10. The van der Waals surface area contributed by atoms with Crippen LogP contribution in [0, 0.1) is 11.3 Å². The van der Waals surface area contributed by atoms with Crippen LogP contribution in [-0.2, 0) is 19.1 Å². The number of allylic oxidation sites excluding steroid dienone is 1. The number of nitriles is 1. The summed E-state index contributed by atoms with van der Waals surface area (Å²) in [6, 6.07) is 23.9. The molecule has 0 saturated heterocycles. The van der Waals surface area contributed by atoms with Crippen molar-refractivity contribution in [1.82, 2.24) is 9.97 Å². The molecule has 1 aliphatic rings. The van der Waals surface area contributed by atoms with Crippen molar-refractivity contribution in [2.24, 2.45) is 5.73 Å². The van der Waals surface area contributed by atoms with Crippen LogP contribution in [0.25, 0.3) is 10.6 Å². The van der Waals surface area contributed by atoms with Crippen LogP contribution in [0.2, 0.25) is 0 Å². The van der Waals surface area contributed by atoms with Gasteiger partial charge in [-0.3, -0.25) is 4.90 Å². The number of rotatable bonds is 7. The molecule has 2 aromatic heterocycles. The van der Waals surface area contributed by atoms with E-state index in [1.807, 2.05) is 41.8 Å². The Morgan fingerprint density at radius 3 is 2.37 bits per heavy atom.